The Morgan fingerprint density at radius 3 is 1.05 bits per heavy atom. The van der Waals surface area contributed by atoms with Gasteiger partial charge in [0, 0.05) is 66.6 Å². The van der Waals surface area contributed by atoms with Gasteiger partial charge < -0.3 is 9.13 Å². The molecule has 0 radical (unpaired) electrons. The molecule has 0 unspecified atom stereocenters. The second-order valence-electron chi connectivity index (χ2n) is 19.3. The molecule has 8 nitrogen and oxygen atoms in total. The van der Waals surface area contributed by atoms with Gasteiger partial charge in [-0.2, -0.15) is 13.2 Å². The summed E-state index contributed by atoms with van der Waals surface area (Å²) in [6, 6.07) is 69.2. The topological polar surface area (TPSA) is 87.2 Å². The third-order valence-corrected chi connectivity index (χ3v) is 14.3. The van der Waals surface area contributed by atoms with Gasteiger partial charge in [0.2, 0.25) is 0 Å². The number of nitrogens with zero attached hydrogens (tertiary/aromatic N) is 8. The lowest BCUT2D eigenvalue weighted by Gasteiger charge is -2.24. The van der Waals surface area contributed by atoms with Gasteiger partial charge in [-0.05, 0) is 72.3 Å². The molecule has 4 aromatic heterocycles. The molecule has 0 N–H and O–H groups in total. The molecule has 10 aromatic carbocycles. The molecule has 0 fully saturated rings. The van der Waals surface area contributed by atoms with Gasteiger partial charge >= 0.3 is 6.18 Å². The molecule has 14 aromatic rings. The van der Waals surface area contributed by atoms with E-state index in [2.05, 4.69) is 0 Å². The Balaban J connectivity index is 1.01. The number of benzene rings is 10. The third-order valence-electron chi connectivity index (χ3n) is 14.3. The van der Waals surface area contributed by atoms with E-state index >= 15 is 22.0 Å². The lowest BCUT2D eigenvalue weighted by atomic mass is 9.96. The van der Waals surface area contributed by atoms with Crippen molar-refractivity contribution < 1.29 is 22.0 Å². The number of halogens is 5. The van der Waals surface area contributed by atoms with Gasteiger partial charge in [0.05, 0.1) is 33.4 Å². The van der Waals surface area contributed by atoms with Crippen molar-refractivity contribution in [1.29, 1.82) is 0 Å². The minimum atomic E-state index is -5.07. The number of para-hydroxylation sites is 2. The minimum Gasteiger partial charge on any atom is -0.309 e. The van der Waals surface area contributed by atoms with E-state index in [0.717, 1.165) is 34.4 Å². The first kappa shape index (κ1) is 47.9. The van der Waals surface area contributed by atoms with Crippen molar-refractivity contribution in [3.63, 3.8) is 0 Å². The van der Waals surface area contributed by atoms with Gasteiger partial charge in [0.15, 0.2) is 34.9 Å². The van der Waals surface area contributed by atoms with Crippen molar-refractivity contribution in [2.24, 2.45) is 0 Å². The van der Waals surface area contributed by atoms with Gasteiger partial charge in [0.1, 0.15) is 17.2 Å². The number of aromatic nitrogens is 8. The van der Waals surface area contributed by atoms with Gasteiger partial charge in [-0.3, -0.25) is 0 Å². The van der Waals surface area contributed by atoms with Crippen LogP contribution in [0.15, 0.2) is 237 Å². The van der Waals surface area contributed by atoms with Crippen molar-refractivity contribution in [2.45, 2.75) is 6.18 Å². The molecular formula is C67H39F5N8. The smallest absolute Gasteiger partial charge is 0.309 e. The highest BCUT2D eigenvalue weighted by Gasteiger charge is 2.40. The number of fused-ring (bicyclic) bond motifs is 6. The van der Waals surface area contributed by atoms with Crippen LogP contribution < -0.4 is 0 Å². The highest BCUT2D eigenvalue weighted by atomic mass is 19.4. The fourth-order valence-electron chi connectivity index (χ4n) is 10.8. The van der Waals surface area contributed by atoms with Crippen LogP contribution in [0.4, 0.5) is 22.0 Å². The van der Waals surface area contributed by atoms with Crippen LogP contribution >= 0.6 is 0 Å². The van der Waals surface area contributed by atoms with Crippen LogP contribution in [0.25, 0.3) is 134 Å². The minimum absolute atomic E-state index is 0.0509. The Bertz CT molecular complexity index is 4580. The lowest BCUT2D eigenvalue weighted by Crippen LogP contribution is -2.17. The Hall–Kier alpha value is -10.5. The Morgan fingerprint density at radius 2 is 0.637 bits per heavy atom. The number of hydrogen-bond donors (Lipinski definition) is 0. The zero-order valence-electron chi connectivity index (χ0n) is 42.0. The third kappa shape index (κ3) is 8.39. The van der Waals surface area contributed by atoms with Crippen LogP contribution in [0.2, 0.25) is 0 Å². The van der Waals surface area contributed by atoms with Crippen LogP contribution in [0.3, 0.4) is 0 Å². The maximum Gasteiger partial charge on any atom is 0.420 e. The van der Waals surface area contributed by atoms with E-state index in [9.17, 15) is 0 Å². The predicted octanol–water partition coefficient (Wildman–Crippen LogP) is 17.2. The first-order chi connectivity index (χ1) is 39.1. The summed E-state index contributed by atoms with van der Waals surface area (Å²) in [5, 5.41) is 2.52. The van der Waals surface area contributed by atoms with Crippen molar-refractivity contribution in [1.82, 2.24) is 39.0 Å². The van der Waals surface area contributed by atoms with Crippen molar-refractivity contribution >= 4 is 43.6 Å². The van der Waals surface area contributed by atoms with Crippen molar-refractivity contribution in [2.75, 3.05) is 0 Å². The van der Waals surface area contributed by atoms with Gasteiger partial charge in [-0.15, -0.1) is 0 Å². The fraction of sp³-hybridized carbons (Fsp3) is 0.0149. The fourth-order valence-corrected chi connectivity index (χ4v) is 10.8. The maximum absolute atomic E-state index is 17.0. The standard InChI is InChI=1S/C67H39F5N8/c68-47-35-46(36-48(69)39-47)49-31-34-58(79-54-27-15-13-25-50(54)52-37-44(29-32-56(52)79)65-75-61(40-17-5-1-6-18-40)73-62(76-65)41-19-7-2-8-20-41)59(67(70,71)72)60(49)80-55-28-16-14-26-51(55)53-38-45(30-33-57(53)80)66-77-63(42-21-9-3-10-22-42)74-64(78-66)43-23-11-4-12-24-43/h1-39H. The summed E-state index contributed by atoms with van der Waals surface area (Å²) < 4.78 is 85.0. The molecule has 0 spiro atoms. The average molecular weight is 1050 g/mol. The van der Waals surface area contributed by atoms with Crippen LogP contribution in [0.5, 0.6) is 0 Å². The van der Waals surface area contributed by atoms with Crippen LogP contribution in [0, 0.1) is 11.6 Å². The Kier molecular flexibility index (Phi) is 11.5. The lowest BCUT2D eigenvalue weighted by molar-refractivity contribution is -0.137. The average Bonchev–Trinajstić information content (AvgIpc) is 3.66. The molecule has 13 heteroatoms. The molecule has 4 heterocycles. The van der Waals surface area contributed by atoms with E-state index < -0.39 is 23.4 Å². The first-order valence-electron chi connectivity index (χ1n) is 25.6. The maximum atomic E-state index is 17.0. The molecule has 0 aliphatic rings. The van der Waals surface area contributed by atoms with Crippen LogP contribution in [-0.4, -0.2) is 39.0 Å². The summed E-state index contributed by atoms with van der Waals surface area (Å²) >= 11 is 0. The van der Waals surface area contributed by atoms with Gasteiger partial charge in [0.25, 0.3) is 0 Å². The molecule has 0 aliphatic carbocycles. The van der Waals surface area contributed by atoms with Crippen LogP contribution in [-0.2, 0) is 6.18 Å². The summed E-state index contributed by atoms with van der Waals surface area (Å²) in [7, 11) is 0. The highest BCUT2D eigenvalue weighted by Crippen LogP contribution is 2.48. The van der Waals surface area contributed by atoms with Gasteiger partial charge in [-0.25, -0.2) is 38.7 Å². The number of rotatable bonds is 9. The highest BCUT2D eigenvalue weighted by molar-refractivity contribution is 6.13. The molecule has 0 saturated carbocycles. The quantitative estimate of drug-likeness (QED) is 0.134. The number of alkyl halides is 3. The summed E-state index contributed by atoms with van der Waals surface area (Å²) in [5.41, 5.74) is 4.37. The Labute approximate surface area is 453 Å². The van der Waals surface area contributed by atoms with Crippen molar-refractivity contribution in [3.05, 3.63) is 254 Å². The second kappa shape index (κ2) is 19.2. The Morgan fingerprint density at radius 1 is 0.287 bits per heavy atom. The van der Waals surface area contributed by atoms with Gasteiger partial charge in [-0.1, -0.05) is 164 Å². The molecule has 0 amide bonds. The predicted molar refractivity (Wildman–Crippen MR) is 305 cm³/mol. The normalized spacial score (nSPS) is 11.8. The molecular weight excluding hydrogens is 1010 g/mol. The summed E-state index contributed by atoms with van der Waals surface area (Å²) in [5.74, 6) is 0.636. The second-order valence-corrected chi connectivity index (χ2v) is 19.3. The first-order valence-corrected chi connectivity index (χ1v) is 25.6. The number of hydrogen-bond acceptors (Lipinski definition) is 6. The molecule has 0 saturated heterocycles. The zero-order valence-corrected chi connectivity index (χ0v) is 42.0. The molecule has 14 rings (SSSR count). The van der Waals surface area contributed by atoms with E-state index in [4.69, 9.17) is 29.9 Å². The van der Waals surface area contributed by atoms with E-state index in [1.165, 1.54) is 12.1 Å². The summed E-state index contributed by atoms with van der Waals surface area (Å²) in [6.45, 7) is 0. The zero-order chi connectivity index (χ0) is 54.1. The van der Waals surface area contributed by atoms with E-state index in [0.29, 0.717) is 95.8 Å². The molecule has 80 heavy (non-hydrogen) atoms. The van der Waals surface area contributed by atoms with E-state index in [1.54, 1.807) is 57.7 Å². The van der Waals surface area contributed by atoms with E-state index in [1.807, 2.05) is 158 Å². The molecule has 0 bridgehead atoms. The summed E-state index contributed by atoms with van der Waals surface area (Å²) in [6.07, 6.45) is -5.07. The van der Waals surface area contributed by atoms with Crippen LogP contribution in [0.1, 0.15) is 5.56 Å². The largest absolute Gasteiger partial charge is 0.420 e. The molecule has 0 aliphatic heterocycles. The molecule has 382 valence electrons. The van der Waals surface area contributed by atoms with Crippen molar-refractivity contribution in [3.8, 4) is 90.8 Å². The molecule has 0 atom stereocenters. The summed E-state index contributed by atoms with van der Waals surface area (Å²) in [4.78, 5) is 29.5. The van der Waals surface area contributed by atoms with E-state index in [-0.39, 0.29) is 22.5 Å². The SMILES string of the molecule is Fc1cc(F)cc(-c2ccc(-n3c4ccccc4c4cc(-c5nc(-c6ccccc6)nc(-c6ccccc6)n5)ccc43)c(C(F)(F)F)c2-n2c3ccccc3c3cc(-c4nc(-c5ccccc5)nc(-c5ccccc5)n4)ccc32)c1. The monoisotopic (exact) mass is 1050 g/mol.